The van der Waals surface area contributed by atoms with Crippen LogP contribution in [0.15, 0.2) is 18.2 Å². The first-order valence-electron chi connectivity index (χ1n) is 5.73. The van der Waals surface area contributed by atoms with Gasteiger partial charge in [-0.15, -0.1) is 0 Å². The Labute approximate surface area is 92.3 Å². The van der Waals surface area contributed by atoms with E-state index in [0.717, 1.165) is 17.7 Å². The van der Waals surface area contributed by atoms with Crippen molar-refractivity contribution in [2.45, 2.75) is 46.1 Å². The molecular weight excluding hydrogens is 186 g/mol. The smallest absolute Gasteiger partial charge is 0.115 e. The maximum atomic E-state index is 9.30. The number of aromatic hydroxyl groups is 1. The van der Waals surface area contributed by atoms with Gasteiger partial charge in [0.2, 0.25) is 0 Å². The summed E-state index contributed by atoms with van der Waals surface area (Å²) in [6.45, 7) is 6.41. The first kappa shape index (κ1) is 11.9. The summed E-state index contributed by atoms with van der Waals surface area (Å²) in [6, 6.07) is 6.01. The minimum atomic E-state index is 0.335. The van der Waals surface area contributed by atoms with Crippen LogP contribution in [0.5, 0.6) is 5.75 Å². The van der Waals surface area contributed by atoms with Crippen molar-refractivity contribution < 1.29 is 5.11 Å². The van der Waals surface area contributed by atoms with Crippen molar-refractivity contribution in [2.75, 3.05) is 5.32 Å². The summed E-state index contributed by atoms with van der Waals surface area (Å²) in [5, 5.41) is 12.8. The Morgan fingerprint density at radius 3 is 2.60 bits per heavy atom. The van der Waals surface area contributed by atoms with E-state index in [-0.39, 0.29) is 0 Å². The van der Waals surface area contributed by atoms with E-state index in [1.165, 1.54) is 12.8 Å². The van der Waals surface area contributed by atoms with E-state index in [1.54, 1.807) is 12.1 Å². The van der Waals surface area contributed by atoms with Gasteiger partial charge in [0.25, 0.3) is 0 Å². The van der Waals surface area contributed by atoms with Crippen molar-refractivity contribution in [1.82, 2.24) is 0 Å². The summed E-state index contributed by atoms with van der Waals surface area (Å²) in [6.07, 6.45) is 3.52. The molecule has 0 radical (unpaired) electrons. The molecule has 84 valence electrons. The summed E-state index contributed by atoms with van der Waals surface area (Å²) in [7, 11) is 0. The number of rotatable bonds is 5. The molecule has 0 amide bonds. The summed E-state index contributed by atoms with van der Waals surface area (Å²) in [5.74, 6) is 0.335. The first-order chi connectivity index (χ1) is 7.17. The fraction of sp³-hybridized carbons (Fsp3) is 0.538. The predicted octanol–water partition coefficient (Wildman–Crippen LogP) is 3.69. The van der Waals surface area contributed by atoms with Gasteiger partial charge in [0.1, 0.15) is 5.75 Å². The molecule has 0 aliphatic carbocycles. The molecule has 0 aliphatic heterocycles. The number of phenolic OH excluding ortho intramolecular Hbond substituents is 1. The van der Waals surface area contributed by atoms with Gasteiger partial charge in [-0.05, 0) is 43.5 Å². The topological polar surface area (TPSA) is 32.3 Å². The standard InChI is InChI=1S/C13H21NO/c1-4-6-11(5-2)14-13-8-7-12(15)9-10(13)3/h7-9,11,14-15H,4-6H2,1-3H3. The Hall–Kier alpha value is -1.18. The molecule has 0 bridgehead atoms. The first-order valence-corrected chi connectivity index (χ1v) is 5.73. The van der Waals surface area contributed by atoms with Gasteiger partial charge in [0.15, 0.2) is 0 Å². The molecule has 0 heterocycles. The van der Waals surface area contributed by atoms with Gasteiger partial charge in [-0.2, -0.15) is 0 Å². The summed E-state index contributed by atoms with van der Waals surface area (Å²) in [4.78, 5) is 0. The van der Waals surface area contributed by atoms with E-state index in [4.69, 9.17) is 0 Å². The third kappa shape index (κ3) is 3.46. The molecule has 0 fully saturated rings. The predicted molar refractivity (Wildman–Crippen MR) is 65.5 cm³/mol. The molecule has 1 rings (SSSR count). The molecule has 1 aromatic rings. The van der Waals surface area contributed by atoms with Crippen molar-refractivity contribution in [2.24, 2.45) is 0 Å². The summed E-state index contributed by atoms with van der Waals surface area (Å²) >= 11 is 0. The highest BCUT2D eigenvalue weighted by Gasteiger charge is 2.06. The van der Waals surface area contributed by atoms with E-state index in [2.05, 4.69) is 19.2 Å². The van der Waals surface area contributed by atoms with Gasteiger partial charge >= 0.3 is 0 Å². The van der Waals surface area contributed by atoms with Gasteiger partial charge in [0, 0.05) is 11.7 Å². The Morgan fingerprint density at radius 1 is 1.33 bits per heavy atom. The van der Waals surface area contributed by atoms with Crippen LogP contribution >= 0.6 is 0 Å². The minimum absolute atomic E-state index is 0.335. The Bertz CT molecular complexity index is 309. The lowest BCUT2D eigenvalue weighted by Crippen LogP contribution is -2.18. The number of aryl methyl sites for hydroxylation is 1. The van der Waals surface area contributed by atoms with Crippen LogP contribution in [0.4, 0.5) is 5.69 Å². The van der Waals surface area contributed by atoms with E-state index in [9.17, 15) is 5.11 Å². The van der Waals surface area contributed by atoms with Gasteiger partial charge in [-0.25, -0.2) is 0 Å². The van der Waals surface area contributed by atoms with Crippen molar-refractivity contribution in [1.29, 1.82) is 0 Å². The lowest BCUT2D eigenvalue weighted by atomic mass is 10.1. The number of anilines is 1. The van der Waals surface area contributed by atoms with E-state index in [0.29, 0.717) is 11.8 Å². The normalized spacial score (nSPS) is 12.5. The third-order valence-corrected chi connectivity index (χ3v) is 2.70. The highest BCUT2D eigenvalue weighted by molar-refractivity contribution is 5.53. The van der Waals surface area contributed by atoms with Crippen LogP contribution in [-0.4, -0.2) is 11.1 Å². The number of phenols is 1. The SMILES string of the molecule is CCCC(CC)Nc1ccc(O)cc1C. The molecule has 0 spiro atoms. The number of nitrogens with one attached hydrogen (secondary N) is 1. The summed E-state index contributed by atoms with van der Waals surface area (Å²) in [5.41, 5.74) is 2.23. The lowest BCUT2D eigenvalue weighted by Gasteiger charge is -2.19. The molecule has 0 aliphatic rings. The molecule has 1 unspecified atom stereocenters. The van der Waals surface area contributed by atoms with E-state index in [1.807, 2.05) is 13.0 Å². The zero-order valence-electron chi connectivity index (χ0n) is 9.88. The monoisotopic (exact) mass is 207 g/mol. The molecule has 1 atom stereocenters. The summed E-state index contributed by atoms with van der Waals surface area (Å²) < 4.78 is 0. The highest BCUT2D eigenvalue weighted by atomic mass is 16.3. The fourth-order valence-electron chi connectivity index (χ4n) is 1.76. The number of hydrogen-bond donors (Lipinski definition) is 2. The van der Waals surface area contributed by atoms with Crippen LogP contribution in [0, 0.1) is 6.92 Å². The fourth-order valence-corrected chi connectivity index (χ4v) is 1.76. The van der Waals surface area contributed by atoms with Gasteiger partial charge in [-0.3, -0.25) is 0 Å². The molecule has 1 aromatic carbocycles. The van der Waals surface area contributed by atoms with Gasteiger partial charge in [-0.1, -0.05) is 20.3 Å². The highest BCUT2D eigenvalue weighted by Crippen LogP contribution is 2.22. The average molecular weight is 207 g/mol. The van der Waals surface area contributed by atoms with Crippen LogP contribution in [0.25, 0.3) is 0 Å². The second-order valence-electron chi connectivity index (χ2n) is 4.04. The van der Waals surface area contributed by atoms with Crippen molar-refractivity contribution in [3.63, 3.8) is 0 Å². The molecule has 2 nitrogen and oxygen atoms in total. The number of hydrogen-bond acceptors (Lipinski definition) is 2. The van der Waals surface area contributed by atoms with Crippen LogP contribution in [0.1, 0.15) is 38.7 Å². The Balaban J connectivity index is 2.70. The second-order valence-corrected chi connectivity index (χ2v) is 4.04. The zero-order chi connectivity index (χ0) is 11.3. The van der Waals surface area contributed by atoms with Crippen molar-refractivity contribution in [3.8, 4) is 5.75 Å². The number of benzene rings is 1. The molecule has 0 saturated carbocycles. The quantitative estimate of drug-likeness (QED) is 0.722. The molecule has 2 heteroatoms. The van der Waals surface area contributed by atoms with Gasteiger partial charge < -0.3 is 10.4 Å². The lowest BCUT2D eigenvalue weighted by molar-refractivity contribution is 0.475. The Morgan fingerprint density at radius 2 is 2.07 bits per heavy atom. The minimum Gasteiger partial charge on any atom is -0.508 e. The molecule has 0 saturated heterocycles. The van der Waals surface area contributed by atoms with Gasteiger partial charge in [0.05, 0.1) is 0 Å². The molecule has 0 aromatic heterocycles. The Kier molecular flexibility index (Phi) is 4.47. The third-order valence-electron chi connectivity index (χ3n) is 2.70. The van der Waals surface area contributed by atoms with Crippen molar-refractivity contribution in [3.05, 3.63) is 23.8 Å². The average Bonchev–Trinajstić information content (AvgIpc) is 2.21. The van der Waals surface area contributed by atoms with Crippen LogP contribution in [0.3, 0.4) is 0 Å². The van der Waals surface area contributed by atoms with E-state index >= 15 is 0 Å². The second kappa shape index (κ2) is 5.64. The maximum absolute atomic E-state index is 9.30. The van der Waals surface area contributed by atoms with E-state index < -0.39 is 0 Å². The molecular formula is C13H21NO. The molecule has 15 heavy (non-hydrogen) atoms. The van der Waals surface area contributed by atoms with Crippen LogP contribution in [-0.2, 0) is 0 Å². The largest absolute Gasteiger partial charge is 0.508 e. The zero-order valence-corrected chi connectivity index (χ0v) is 9.88. The van der Waals surface area contributed by atoms with Crippen LogP contribution in [0.2, 0.25) is 0 Å². The van der Waals surface area contributed by atoms with Crippen LogP contribution < -0.4 is 5.32 Å². The molecule has 2 N–H and O–H groups in total. The maximum Gasteiger partial charge on any atom is 0.115 e. The van der Waals surface area contributed by atoms with Crippen molar-refractivity contribution >= 4 is 5.69 Å².